The second kappa shape index (κ2) is 11.7. The standard InChI is InChI=1S/C17H28N4OS/c1-3-5-9-14(4-2)12-19-17(23)21-20-16(22)13-18-15-10-7-6-8-11-15/h6-8,10-11,14,18H,3-5,9,12-13H2,1-2H3,(H,20,22)(H2,19,21,23)/t14-/m1/s1. The van der Waals surface area contributed by atoms with Crippen LogP contribution in [0, 0.1) is 5.92 Å². The molecule has 23 heavy (non-hydrogen) atoms. The molecule has 0 saturated carbocycles. The van der Waals surface area contributed by atoms with Gasteiger partial charge in [-0.15, -0.1) is 0 Å². The Hall–Kier alpha value is -1.82. The Morgan fingerprint density at radius 2 is 1.91 bits per heavy atom. The van der Waals surface area contributed by atoms with Crippen LogP contribution in [0.2, 0.25) is 0 Å². The smallest absolute Gasteiger partial charge is 0.257 e. The van der Waals surface area contributed by atoms with Crippen LogP contribution >= 0.6 is 12.2 Å². The molecular formula is C17H28N4OS. The number of unbranched alkanes of at least 4 members (excludes halogenated alkanes) is 1. The highest BCUT2D eigenvalue weighted by Crippen LogP contribution is 2.10. The van der Waals surface area contributed by atoms with E-state index in [0.29, 0.717) is 11.0 Å². The van der Waals surface area contributed by atoms with Crippen LogP contribution in [0.3, 0.4) is 0 Å². The van der Waals surface area contributed by atoms with E-state index in [1.807, 2.05) is 30.3 Å². The van der Waals surface area contributed by atoms with Crippen LogP contribution in [0.5, 0.6) is 0 Å². The molecule has 0 spiro atoms. The molecule has 0 bridgehead atoms. The molecule has 1 aromatic rings. The number of nitrogens with one attached hydrogen (secondary N) is 4. The quantitative estimate of drug-likeness (QED) is 0.412. The van der Waals surface area contributed by atoms with Crippen LogP contribution in [0.15, 0.2) is 30.3 Å². The Morgan fingerprint density at radius 1 is 1.17 bits per heavy atom. The lowest BCUT2D eigenvalue weighted by Gasteiger charge is -2.17. The average Bonchev–Trinajstić information content (AvgIpc) is 2.59. The average molecular weight is 337 g/mol. The lowest BCUT2D eigenvalue weighted by Crippen LogP contribution is -2.49. The molecule has 0 fully saturated rings. The lowest BCUT2D eigenvalue weighted by atomic mass is 9.99. The molecular weight excluding hydrogens is 308 g/mol. The topological polar surface area (TPSA) is 65.2 Å². The Morgan fingerprint density at radius 3 is 2.57 bits per heavy atom. The van der Waals surface area contributed by atoms with Gasteiger partial charge in [0.2, 0.25) is 0 Å². The van der Waals surface area contributed by atoms with E-state index < -0.39 is 0 Å². The fraction of sp³-hybridized carbons (Fsp3) is 0.529. The van der Waals surface area contributed by atoms with Gasteiger partial charge in [0.25, 0.3) is 5.91 Å². The van der Waals surface area contributed by atoms with Gasteiger partial charge < -0.3 is 10.6 Å². The third-order valence-electron chi connectivity index (χ3n) is 3.64. The van der Waals surface area contributed by atoms with Gasteiger partial charge in [-0.1, -0.05) is 51.3 Å². The second-order valence-electron chi connectivity index (χ2n) is 5.52. The van der Waals surface area contributed by atoms with E-state index in [1.54, 1.807) is 0 Å². The molecule has 0 radical (unpaired) electrons. The summed E-state index contributed by atoms with van der Waals surface area (Å²) >= 11 is 5.17. The number of hydrazine groups is 1. The van der Waals surface area contributed by atoms with Gasteiger partial charge >= 0.3 is 0 Å². The first-order valence-corrected chi connectivity index (χ1v) is 8.68. The minimum Gasteiger partial charge on any atom is -0.376 e. The number of rotatable bonds is 9. The van der Waals surface area contributed by atoms with Gasteiger partial charge in [0.15, 0.2) is 5.11 Å². The van der Waals surface area contributed by atoms with Crippen LogP contribution < -0.4 is 21.5 Å². The molecule has 0 aliphatic rings. The number of para-hydroxylation sites is 1. The Balaban J connectivity index is 2.15. The van der Waals surface area contributed by atoms with Gasteiger partial charge in [-0.25, -0.2) is 0 Å². The van der Waals surface area contributed by atoms with Crippen molar-refractivity contribution in [3.8, 4) is 0 Å². The molecule has 4 N–H and O–H groups in total. The number of thiocarbonyl (C=S) groups is 1. The van der Waals surface area contributed by atoms with Crippen molar-refractivity contribution in [1.29, 1.82) is 0 Å². The molecule has 0 aliphatic heterocycles. The van der Waals surface area contributed by atoms with Gasteiger partial charge in [0.05, 0.1) is 6.54 Å². The summed E-state index contributed by atoms with van der Waals surface area (Å²) in [6.07, 6.45) is 4.78. The summed E-state index contributed by atoms with van der Waals surface area (Å²) < 4.78 is 0. The van der Waals surface area contributed by atoms with Gasteiger partial charge in [-0.2, -0.15) is 0 Å². The Labute approximate surface area is 144 Å². The molecule has 6 heteroatoms. The van der Waals surface area contributed by atoms with E-state index in [1.165, 1.54) is 19.3 Å². The van der Waals surface area contributed by atoms with Crippen LogP contribution in [-0.4, -0.2) is 24.1 Å². The summed E-state index contributed by atoms with van der Waals surface area (Å²) in [4.78, 5) is 11.7. The predicted octanol–water partition coefficient (Wildman–Crippen LogP) is 2.81. The maximum absolute atomic E-state index is 11.7. The van der Waals surface area contributed by atoms with E-state index >= 15 is 0 Å². The molecule has 128 valence electrons. The van der Waals surface area contributed by atoms with Crippen molar-refractivity contribution < 1.29 is 4.79 Å². The second-order valence-corrected chi connectivity index (χ2v) is 5.93. The normalized spacial score (nSPS) is 11.4. The number of carbonyl (C=O) groups is 1. The third-order valence-corrected chi connectivity index (χ3v) is 3.88. The van der Waals surface area contributed by atoms with E-state index in [4.69, 9.17) is 12.2 Å². The maximum atomic E-state index is 11.7. The Kier molecular flexibility index (Phi) is 9.79. The van der Waals surface area contributed by atoms with Crippen molar-refractivity contribution in [3.05, 3.63) is 30.3 Å². The Bertz CT molecular complexity index is 467. The number of benzene rings is 1. The molecule has 1 rings (SSSR count). The zero-order chi connectivity index (χ0) is 16.9. The zero-order valence-electron chi connectivity index (χ0n) is 14.0. The first-order valence-electron chi connectivity index (χ1n) is 8.27. The number of amides is 1. The van der Waals surface area contributed by atoms with E-state index in [2.05, 4.69) is 35.3 Å². The van der Waals surface area contributed by atoms with Crippen molar-refractivity contribution in [2.45, 2.75) is 39.5 Å². The van der Waals surface area contributed by atoms with E-state index in [0.717, 1.165) is 18.7 Å². The molecule has 0 heterocycles. The largest absolute Gasteiger partial charge is 0.376 e. The number of hydrogen-bond donors (Lipinski definition) is 4. The molecule has 0 unspecified atom stereocenters. The summed E-state index contributed by atoms with van der Waals surface area (Å²) in [6, 6.07) is 9.59. The SMILES string of the molecule is CCCC[C@@H](CC)CNC(=S)NNC(=O)CNc1ccccc1. The van der Waals surface area contributed by atoms with Crippen molar-refractivity contribution in [2.24, 2.45) is 5.92 Å². The number of carbonyl (C=O) groups excluding carboxylic acids is 1. The summed E-state index contributed by atoms with van der Waals surface area (Å²) in [5.41, 5.74) is 6.22. The van der Waals surface area contributed by atoms with Crippen LogP contribution in [0.4, 0.5) is 5.69 Å². The predicted molar refractivity (Wildman–Crippen MR) is 100 cm³/mol. The van der Waals surface area contributed by atoms with Gasteiger partial charge in [0, 0.05) is 12.2 Å². The third kappa shape index (κ3) is 9.03. The van der Waals surface area contributed by atoms with Crippen LogP contribution in [-0.2, 0) is 4.79 Å². The minimum absolute atomic E-state index is 0.170. The van der Waals surface area contributed by atoms with Gasteiger partial charge in [0.1, 0.15) is 0 Å². The zero-order valence-corrected chi connectivity index (χ0v) is 14.8. The maximum Gasteiger partial charge on any atom is 0.257 e. The summed E-state index contributed by atoms with van der Waals surface area (Å²) in [7, 11) is 0. The first-order chi connectivity index (χ1) is 11.2. The van der Waals surface area contributed by atoms with Crippen molar-refractivity contribution >= 4 is 28.9 Å². The fourth-order valence-corrected chi connectivity index (χ4v) is 2.27. The summed E-state index contributed by atoms with van der Waals surface area (Å²) in [6.45, 7) is 5.41. The van der Waals surface area contributed by atoms with E-state index in [9.17, 15) is 4.79 Å². The molecule has 1 atom stereocenters. The summed E-state index contributed by atoms with van der Waals surface area (Å²) in [5, 5.41) is 6.64. The number of anilines is 1. The van der Waals surface area contributed by atoms with Crippen molar-refractivity contribution in [1.82, 2.24) is 16.2 Å². The summed E-state index contributed by atoms with van der Waals surface area (Å²) in [5.74, 6) is 0.446. The van der Waals surface area contributed by atoms with Crippen molar-refractivity contribution in [3.63, 3.8) is 0 Å². The molecule has 1 amide bonds. The van der Waals surface area contributed by atoms with Crippen LogP contribution in [0.1, 0.15) is 39.5 Å². The molecule has 5 nitrogen and oxygen atoms in total. The first kappa shape index (κ1) is 19.2. The lowest BCUT2D eigenvalue weighted by molar-refractivity contribution is -0.119. The van der Waals surface area contributed by atoms with Gasteiger partial charge in [-0.05, 0) is 36.7 Å². The number of hydrogen-bond acceptors (Lipinski definition) is 3. The van der Waals surface area contributed by atoms with E-state index in [-0.39, 0.29) is 12.5 Å². The highest BCUT2D eigenvalue weighted by molar-refractivity contribution is 7.80. The molecule has 0 aromatic heterocycles. The highest BCUT2D eigenvalue weighted by Gasteiger charge is 2.07. The molecule has 1 aromatic carbocycles. The van der Waals surface area contributed by atoms with Crippen molar-refractivity contribution in [2.75, 3.05) is 18.4 Å². The van der Waals surface area contributed by atoms with Gasteiger partial charge in [-0.3, -0.25) is 15.6 Å². The fourth-order valence-electron chi connectivity index (χ4n) is 2.13. The van der Waals surface area contributed by atoms with Crippen LogP contribution in [0.25, 0.3) is 0 Å². The molecule has 0 aliphatic carbocycles. The minimum atomic E-state index is -0.170. The monoisotopic (exact) mass is 336 g/mol. The molecule has 0 saturated heterocycles. The highest BCUT2D eigenvalue weighted by atomic mass is 32.1.